The summed E-state index contributed by atoms with van der Waals surface area (Å²) >= 11 is 0. The number of carbonyl (C=O) groups excluding carboxylic acids is 5. The summed E-state index contributed by atoms with van der Waals surface area (Å²) < 4.78 is 10.9. The van der Waals surface area contributed by atoms with Crippen molar-refractivity contribution in [1.29, 1.82) is 0 Å². The minimum absolute atomic E-state index is 0.0266. The number of benzene rings is 2. The van der Waals surface area contributed by atoms with Gasteiger partial charge < -0.3 is 35.8 Å². The van der Waals surface area contributed by atoms with E-state index in [0.29, 0.717) is 12.0 Å². The number of carbonyl (C=O) groups is 5. The minimum atomic E-state index is -1.46. The molecule has 0 radical (unpaired) electrons. The molecule has 0 aliphatic heterocycles. The average molecular weight is 627 g/mol. The van der Waals surface area contributed by atoms with Crippen LogP contribution in [0, 0.1) is 0 Å². The second-order valence-electron chi connectivity index (χ2n) is 12.7. The Bertz CT molecular complexity index is 1320. The van der Waals surface area contributed by atoms with E-state index in [2.05, 4.69) is 10.6 Å². The van der Waals surface area contributed by atoms with Crippen molar-refractivity contribution >= 4 is 29.8 Å². The van der Waals surface area contributed by atoms with E-state index in [4.69, 9.17) is 15.2 Å². The summed E-state index contributed by atoms with van der Waals surface area (Å²) in [6.45, 7) is 11.9. The maximum atomic E-state index is 14.2. The Hall–Kier alpha value is -4.61. The largest absolute Gasteiger partial charge is 0.508 e. The molecule has 2 aromatic rings. The highest BCUT2D eigenvalue weighted by molar-refractivity contribution is 5.95. The molecule has 0 aliphatic carbocycles. The number of primary amides is 1. The number of phenolic OH excluding ortho intramolecular Hbond substituents is 1. The third-order valence-corrected chi connectivity index (χ3v) is 6.20. The van der Waals surface area contributed by atoms with Gasteiger partial charge in [-0.25, -0.2) is 9.59 Å². The predicted molar refractivity (Wildman–Crippen MR) is 168 cm³/mol. The van der Waals surface area contributed by atoms with Gasteiger partial charge in [-0.3, -0.25) is 14.4 Å². The number of hydrogen-bond donors (Lipinski definition) is 4. The number of ether oxygens (including phenoxy) is 2. The molecule has 246 valence electrons. The van der Waals surface area contributed by atoms with Crippen molar-refractivity contribution in [2.75, 3.05) is 6.54 Å². The molecule has 12 heteroatoms. The van der Waals surface area contributed by atoms with Gasteiger partial charge in [0.05, 0.1) is 6.42 Å². The molecule has 5 N–H and O–H groups in total. The SMILES string of the molecule is CCCN(C(=O)C(CC(N)=O)NC(=O)OC(C)(C)C)C(C(=O)NC(Cc1ccccc1)C(=O)OC(C)(C)C)c1ccc(O)cc1. The first kappa shape index (κ1) is 36.6. The van der Waals surface area contributed by atoms with Crippen molar-refractivity contribution in [1.82, 2.24) is 15.5 Å². The second kappa shape index (κ2) is 15.9. The minimum Gasteiger partial charge on any atom is -0.508 e. The number of aromatic hydroxyl groups is 1. The summed E-state index contributed by atoms with van der Waals surface area (Å²) in [5.74, 6) is -3.09. The van der Waals surface area contributed by atoms with Crippen LogP contribution in [0.3, 0.4) is 0 Å². The summed E-state index contributed by atoms with van der Waals surface area (Å²) in [7, 11) is 0. The fourth-order valence-electron chi connectivity index (χ4n) is 4.45. The molecule has 0 spiro atoms. The van der Waals surface area contributed by atoms with Gasteiger partial charge >= 0.3 is 12.1 Å². The molecule has 0 fully saturated rings. The Labute approximate surface area is 264 Å². The van der Waals surface area contributed by atoms with E-state index in [1.807, 2.05) is 18.2 Å². The fourth-order valence-corrected chi connectivity index (χ4v) is 4.45. The molecule has 0 heterocycles. The van der Waals surface area contributed by atoms with E-state index in [1.54, 1.807) is 60.6 Å². The monoisotopic (exact) mass is 626 g/mol. The fraction of sp³-hybridized carbons (Fsp3) is 0.485. The second-order valence-corrected chi connectivity index (χ2v) is 12.7. The summed E-state index contributed by atoms with van der Waals surface area (Å²) in [4.78, 5) is 67.4. The predicted octanol–water partition coefficient (Wildman–Crippen LogP) is 3.51. The zero-order chi connectivity index (χ0) is 33.9. The van der Waals surface area contributed by atoms with Crippen molar-refractivity contribution in [3.63, 3.8) is 0 Å². The van der Waals surface area contributed by atoms with Crippen LogP contribution < -0.4 is 16.4 Å². The van der Waals surface area contributed by atoms with Gasteiger partial charge in [-0.05, 0) is 71.2 Å². The van der Waals surface area contributed by atoms with E-state index in [0.717, 1.165) is 5.56 Å². The summed E-state index contributed by atoms with van der Waals surface area (Å²) in [5, 5.41) is 15.1. The topological polar surface area (TPSA) is 177 Å². The standard InChI is InChI=1S/C33H46N4O8/c1-8-18-37(29(41)24(20-26(34)39)36-31(43)45-33(5,6)7)27(22-14-16-23(38)17-15-22)28(40)35-25(30(42)44-32(2,3)4)19-21-12-10-9-11-13-21/h9-17,24-25,27,38H,8,18-20H2,1-7H3,(H2,34,39)(H,35,40)(H,36,43). The molecule has 0 saturated carbocycles. The number of hydrogen-bond acceptors (Lipinski definition) is 8. The highest BCUT2D eigenvalue weighted by atomic mass is 16.6. The number of nitrogens with zero attached hydrogens (tertiary/aromatic N) is 1. The first-order valence-corrected chi connectivity index (χ1v) is 14.8. The van der Waals surface area contributed by atoms with Gasteiger partial charge in [0.25, 0.3) is 0 Å². The van der Waals surface area contributed by atoms with E-state index in [-0.39, 0.29) is 18.7 Å². The van der Waals surface area contributed by atoms with Crippen molar-refractivity contribution in [2.45, 2.75) is 97.1 Å². The van der Waals surface area contributed by atoms with Crippen LogP contribution in [0.5, 0.6) is 5.75 Å². The number of alkyl carbamates (subject to hydrolysis) is 1. The van der Waals surface area contributed by atoms with Crippen LogP contribution in [0.1, 0.15) is 78.5 Å². The lowest BCUT2D eigenvalue weighted by atomic mass is 10.00. The maximum absolute atomic E-state index is 14.2. The van der Waals surface area contributed by atoms with Gasteiger partial charge in [-0.2, -0.15) is 0 Å². The maximum Gasteiger partial charge on any atom is 0.408 e. The molecule has 0 bridgehead atoms. The van der Waals surface area contributed by atoms with Gasteiger partial charge in [0.1, 0.15) is 35.1 Å². The molecular formula is C33H46N4O8. The van der Waals surface area contributed by atoms with Gasteiger partial charge in [0.15, 0.2) is 0 Å². The highest BCUT2D eigenvalue weighted by Gasteiger charge is 2.38. The zero-order valence-corrected chi connectivity index (χ0v) is 27.1. The lowest BCUT2D eigenvalue weighted by Crippen LogP contribution is -2.55. The highest BCUT2D eigenvalue weighted by Crippen LogP contribution is 2.26. The van der Waals surface area contributed by atoms with E-state index >= 15 is 0 Å². The van der Waals surface area contributed by atoms with E-state index < -0.39 is 65.5 Å². The van der Waals surface area contributed by atoms with Crippen molar-refractivity contribution in [2.24, 2.45) is 5.73 Å². The molecule has 3 unspecified atom stereocenters. The number of nitrogens with one attached hydrogen (secondary N) is 2. The van der Waals surface area contributed by atoms with Gasteiger partial charge in [0, 0.05) is 13.0 Å². The number of rotatable bonds is 13. The quantitative estimate of drug-likeness (QED) is 0.244. The number of phenols is 1. The van der Waals surface area contributed by atoms with E-state index in [9.17, 15) is 29.1 Å². The Morgan fingerprint density at radius 2 is 1.42 bits per heavy atom. The van der Waals surface area contributed by atoms with Crippen LogP contribution in [-0.2, 0) is 35.1 Å². The molecule has 45 heavy (non-hydrogen) atoms. The van der Waals surface area contributed by atoms with Crippen LogP contribution in [-0.4, -0.2) is 69.6 Å². The summed E-state index contributed by atoms with van der Waals surface area (Å²) in [6, 6.07) is 10.8. The van der Waals surface area contributed by atoms with Crippen molar-refractivity contribution in [3.05, 3.63) is 65.7 Å². The Kier molecular flexibility index (Phi) is 12.9. The molecule has 0 saturated heterocycles. The third-order valence-electron chi connectivity index (χ3n) is 6.20. The molecule has 2 rings (SSSR count). The summed E-state index contributed by atoms with van der Waals surface area (Å²) in [6.07, 6.45) is -1.01. The smallest absolute Gasteiger partial charge is 0.408 e. The lowest BCUT2D eigenvalue weighted by molar-refractivity contribution is -0.159. The molecular weight excluding hydrogens is 580 g/mol. The number of nitrogens with two attached hydrogens (primary N) is 1. The van der Waals surface area contributed by atoms with Crippen LogP contribution in [0.25, 0.3) is 0 Å². The Morgan fingerprint density at radius 1 is 0.844 bits per heavy atom. The van der Waals surface area contributed by atoms with E-state index in [1.165, 1.54) is 29.2 Å². The van der Waals surface area contributed by atoms with Crippen LogP contribution in [0.2, 0.25) is 0 Å². The number of amides is 4. The first-order chi connectivity index (χ1) is 20.9. The summed E-state index contributed by atoms with van der Waals surface area (Å²) in [5.41, 5.74) is 4.78. The molecule has 12 nitrogen and oxygen atoms in total. The van der Waals surface area contributed by atoms with Crippen LogP contribution in [0.15, 0.2) is 54.6 Å². The Morgan fingerprint density at radius 3 is 1.93 bits per heavy atom. The van der Waals surface area contributed by atoms with Gasteiger partial charge in [-0.15, -0.1) is 0 Å². The van der Waals surface area contributed by atoms with Crippen molar-refractivity contribution in [3.8, 4) is 5.75 Å². The van der Waals surface area contributed by atoms with Gasteiger partial charge in [-0.1, -0.05) is 49.4 Å². The van der Waals surface area contributed by atoms with Crippen LogP contribution in [0.4, 0.5) is 4.79 Å². The normalized spacial score (nSPS) is 13.5. The lowest BCUT2D eigenvalue weighted by Gasteiger charge is -2.35. The molecule has 4 amide bonds. The van der Waals surface area contributed by atoms with Gasteiger partial charge in [0.2, 0.25) is 17.7 Å². The zero-order valence-electron chi connectivity index (χ0n) is 27.1. The van der Waals surface area contributed by atoms with Crippen LogP contribution >= 0.6 is 0 Å². The third kappa shape index (κ3) is 12.5. The first-order valence-electron chi connectivity index (χ1n) is 14.8. The molecule has 0 aromatic heterocycles. The molecule has 2 aromatic carbocycles. The molecule has 0 aliphatic rings. The van der Waals surface area contributed by atoms with Crippen molar-refractivity contribution < 1.29 is 38.6 Å². The molecule has 3 atom stereocenters. The Balaban J connectivity index is 2.57. The number of esters is 1. The average Bonchev–Trinajstić information content (AvgIpc) is 2.91.